The summed E-state index contributed by atoms with van der Waals surface area (Å²) in [7, 11) is 4.78. The zero-order valence-electron chi connectivity index (χ0n) is 12.5. The lowest BCUT2D eigenvalue weighted by atomic mass is 9.95. The Bertz CT molecular complexity index is 573. The minimum Gasteiger partial charge on any atom is -0.496 e. The topological polar surface area (TPSA) is 47.9 Å². The molecule has 0 aliphatic heterocycles. The number of rotatable bonds is 6. The number of methoxy groups -OCH3 is 3. The molecule has 0 radical (unpaired) electrons. The smallest absolute Gasteiger partial charge is 0.128 e. The van der Waals surface area contributed by atoms with E-state index in [4.69, 9.17) is 14.2 Å². The molecule has 2 aromatic rings. The summed E-state index contributed by atoms with van der Waals surface area (Å²) in [6, 6.07) is 13.1. The second-order valence-electron chi connectivity index (χ2n) is 4.61. The number of aliphatic hydroxyl groups is 1. The van der Waals surface area contributed by atoms with Crippen LogP contribution in [0.4, 0.5) is 0 Å². The third-order valence-corrected chi connectivity index (χ3v) is 3.39. The van der Waals surface area contributed by atoms with Gasteiger partial charge in [0.2, 0.25) is 0 Å². The highest BCUT2D eigenvalue weighted by Gasteiger charge is 2.22. The molecule has 1 atom stereocenters. The number of hydrogen-bond acceptors (Lipinski definition) is 4. The lowest BCUT2D eigenvalue weighted by molar-refractivity contribution is 0.174. The van der Waals surface area contributed by atoms with Crippen molar-refractivity contribution in [2.24, 2.45) is 0 Å². The Labute approximate surface area is 124 Å². The van der Waals surface area contributed by atoms with Gasteiger partial charge in [0.25, 0.3) is 0 Å². The SMILES string of the molecule is COCc1ccccc1C(O)c1c(OC)cccc1OC. The molecule has 4 heteroatoms. The molecule has 112 valence electrons. The average molecular weight is 288 g/mol. The molecule has 21 heavy (non-hydrogen) atoms. The number of ether oxygens (including phenoxy) is 3. The fraction of sp³-hybridized carbons (Fsp3) is 0.294. The van der Waals surface area contributed by atoms with Crippen LogP contribution in [0.3, 0.4) is 0 Å². The van der Waals surface area contributed by atoms with Gasteiger partial charge in [-0.2, -0.15) is 0 Å². The summed E-state index contributed by atoms with van der Waals surface area (Å²) in [4.78, 5) is 0. The summed E-state index contributed by atoms with van der Waals surface area (Å²) in [5, 5.41) is 10.8. The summed E-state index contributed by atoms with van der Waals surface area (Å²) < 4.78 is 15.9. The summed E-state index contributed by atoms with van der Waals surface area (Å²) >= 11 is 0. The van der Waals surface area contributed by atoms with Gasteiger partial charge in [0.05, 0.1) is 26.4 Å². The molecule has 1 N–H and O–H groups in total. The van der Waals surface area contributed by atoms with Crippen LogP contribution in [0.1, 0.15) is 22.8 Å². The zero-order chi connectivity index (χ0) is 15.2. The molecule has 0 saturated heterocycles. The molecule has 0 heterocycles. The molecular weight excluding hydrogens is 268 g/mol. The Kier molecular flexibility index (Phi) is 5.20. The number of aliphatic hydroxyl groups excluding tert-OH is 1. The van der Waals surface area contributed by atoms with Crippen molar-refractivity contribution in [2.75, 3.05) is 21.3 Å². The second kappa shape index (κ2) is 7.11. The van der Waals surface area contributed by atoms with Crippen molar-refractivity contribution in [3.05, 3.63) is 59.2 Å². The van der Waals surface area contributed by atoms with Gasteiger partial charge >= 0.3 is 0 Å². The first-order chi connectivity index (χ1) is 10.2. The van der Waals surface area contributed by atoms with E-state index >= 15 is 0 Å². The van der Waals surface area contributed by atoms with Gasteiger partial charge in [-0.05, 0) is 23.3 Å². The molecule has 1 unspecified atom stereocenters. The highest BCUT2D eigenvalue weighted by Crippen LogP contribution is 2.38. The van der Waals surface area contributed by atoms with Crippen LogP contribution in [0.5, 0.6) is 11.5 Å². The molecule has 0 saturated carbocycles. The first kappa shape index (κ1) is 15.4. The van der Waals surface area contributed by atoms with E-state index in [1.165, 1.54) is 0 Å². The first-order valence-corrected chi connectivity index (χ1v) is 6.68. The molecule has 4 nitrogen and oxygen atoms in total. The Morgan fingerprint density at radius 2 is 1.52 bits per heavy atom. The van der Waals surface area contributed by atoms with E-state index in [1.807, 2.05) is 30.3 Å². The minimum absolute atomic E-state index is 0.435. The van der Waals surface area contributed by atoms with Crippen molar-refractivity contribution in [3.8, 4) is 11.5 Å². The summed E-state index contributed by atoms with van der Waals surface area (Å²) in [6.45, 7) is 0.435. The maximum Gasteiger partial charge on any atom is 0.128 e. The molecule has 0 amide bonds. The zero-order valence-corrected chi connectivity index (χ0v) is 12.5. The standard InChI is InChI=1S/C17H20O4/c1-19-11-12-7-4-5-8-13(12)17(18)16-14(20-2)9-6-10-15(16)21-3/h4-10,17-18H,11H2,1-3H3. The Hall–Kier alpha value is -2.04. The molecule has 0 aliphatic carbocycles. The maximum atomic E-state index is 10.8. The van der Waals surface area contributed by atoms with E-state index in [1.54, 1.807) is 33.5 Å². The van der Waals surface area contributed by atoms with Crippen LogP contribution in [0.15, 0.2) is 42.5 Å². The van der Waals surface area contributed by atoms with Gasteiger partial charge in [-0.1, -0.05) is 30.3 Å². The molecule has 2 aromatic carbocycles. The van der Waals surface area contributed by atoms with E-state index in [2.05, 4.69) is 0 Å². The van der Waals surface area contributed by atoms with Crippen molar-refractivity contribution in [3.63, 3.8) is 0 Å². The number of benzene rings is 2. The van der Waals surface area contributed by atoms with Gasteiger partial charge in [0.1, 0.15) is 17.6 Å². The number of hydrogen-bond donors (Lipinski definition) is 1. The van der Waals surface area contributed by atoms with E-state index in [0.717, 1.165) is 11.1 Å². The molecule has 0 aromatic heterocycles. The van der Waals surface area contributed by atoms with Crippen LogP contribution in [0, 0.1) is 0 Å². The van der Waals surface area contributed by atoms with E-state index < -0.39 is 6.10 Å². The molecule has 0 spiro atoms. The normalized spacial score (nSPS) is 12.0. The molecule has 0 aliphatic rings. The minimum atomic E-state index is -0.845. The second-order valence-corrected chi connectivity index (χ2v) is 4.61. The fourth-order valence-electron chi connectivity index (χ4n) is 2.39. The average Bonchev–Trinajstić information content (AvgIpc) is 2.54. The van der Waals surface area contributed by atoms with Gasteiger partial charge in [-0.3, -0.25) is 0 Å². The largest absolute Gasteiger partial charge is 0.496 e. The van der Waals surface area contributed by atoms with Crippen LogP contribution in [-0.2, 0) is 11.3 Å². The van der Waals surface area contributed by atoms with Crippen LogP contribution >= 0.6 is 0 Å². The quantitative estimate of drug-likeness (QED) is 0.888. The van der Waals surface area contributed by atoms with E-state index in [0.29, 0.717) is 23.7 Å². The highest BCUT2D eigenvalue weighted by molar-refractivity contribution is 5.50. The van der Waals surface area contributed by atoms with Gasteiger partial charge < -0.3 is 19.3 Å². The Morgan fingerprint density at radius 3 is 2.10 bits per heavy atom. The van der Waals surface area contributed by atoms with Gasteiger partial charge in [0.15, 0.2) is 0 Å². The molecule has 0 bridgehead atoms. The fourth-order valence-corrected chi connectivity index (χ4v) is 2.39. The first-order valence-electron chi connectivity index (χ1n) is 6.68. The van der Waals surface area contributed by atoms with Crippen molar-refractivity contribution in [2.45, 2.75) is 12.7 Å². The third kappa shape index (κ3) is 3.17. The van der Waals surface area contributed by atoms with Crippen LogP contribution < -0.4 is 9.47 Å². The Morgan fingerprint density at radius 1 is 0.905 bits per heavy atom. The monoisotopic (exact) mass is 288 g/mol. The highest BCUT2D eigenvalue weighted by atomic mass is 16.5. The molecule has 0 fully saturated rings. The van der Waals surface area contributed by atoms with Crippen LogP contribution in [0.25, 0.3) is 0 Å². The lowest BCUT2D eigenvalue weighted by Crippen LogP contribution is -2.08. The predicted octanol–water partition coefficient (Wildman–Crippen LogP) is 2.93. The van der Waals surface area contributed by atoms with Gasteiger partial charge in [-0.15, -0.1) is 0 Å². The van der Waals surface area contributed by atoms with Crippen LogP contribution in [-0.4, -0.2) is 26.4 Å². The molecule has 2 rings (SSSR count). The van der Waals surface area contributed by atoms with Crippen LogP contribution in [0.2, 0.25) is 0 Å². The van der Waals surface area contributed by atoms with E-state index in [9.17, 15) is 5.11 Å². The van der Waals surface area contributed by atoms with Crippen molar-refractivity contribution < 1.29 is 19.3 Å². The third-order valence-electron chi connectivity index (χ3n) is 3.39. The summed E-state index contributed by atoms with van der Waals surface area (Å²) in [6.07, 6.45) is -0.845. The van der Waals surface area contributed by atoms with Crippen molar-refractivity contribution in [1.29, 1.82) is 0 Å². The van der Waals surface area contributed by atoms with Crippen molar-refractivity contribution >= 4 is 0 Å². The van der Waals surface area contributed by atoms with Gasteiger partial charge in [0, 0.05) is 7.11 Å². The predicted molar refractivity (Wildman–Crippen MR) is 80.8 cm³/mol. The molecular formula is C17H20O4. The van der Waals surface area contributed by atoms with E-state index in [-0.39, 0.29) is 0 Å². The maximum absolute atomic E-state index is 10.8. The summed E-state index contributed by atoms with van der Waals surface area (Å²) in [5.74, 6) is 1.18. The Balaban J connectivity index is 2.52. The van der Waals surface area contributed by atoms with Crippen molar-refractivity contribution in [1.82, 2.24) is 0 Å². The summed E-state index contributed by atoms with van der Waals surface area (Å²) in [5.41, 5.74) is 2.33. The lowest BCUT2D eigenvalue weighted by Gasteiger charge is -2.20. The van der Waals surface area contributed by atoms with Gasteiger partial charge in [-0.25, -0.2) is 0 Å².